The van der Waals surface area contributed by atoms with Gasteiger partial charge >= 0.3 is 0 Å². The van der Waals surface area contributed by atoms with Gasteiger partial charge in [-0.2, -0.15) is 0 Å². The number of amides is 2. The Labute approximate surface area is 157 Å². The first kappa shape index (κ1) is 18.9. The standard InChI is InChI=1S/C22H32N2O2/c1-21(2,3)20(26)23-14-11-22(12-15-23)10-9-19(25)24(16-13-22)17-18-7-5-4-6-8-18/h4-8H,9-17H2,1-3H3. The summed E-state index contributed by atoms with van der Waals surface area (Å²) in [5.41, 5.74) is 1.12. The van der Waals surface area contributed by atoms with E-state index in [2.05, 4.69) is 12.1 Å². The van der Waals surface area contributed by atoms with E-state index in [1.807, 2.05) is 48.8 Å². The minimum Gasteiger partial charge on any atom is -0.342 e. The molecule has 142 valence electrons. The Kier molecular flexibility index (Phi) is 5.40. The second-order valence-corrected chi connectivity index (χ2v) is 9.09. The molecule has 2 heterocycles. The second-order valence-electron chi connectivity index (χ2n) is 9.09. The Hall–Kier alpha value is -1.84. The van der Waals surface area contributed by atoms with Crippen LogP contribution in [0.2, 0.25) is 0 Å². The topological polar surface area (TPSA) is 40.6 Å². The Morgan fingerprint density at radius 1 is 1.00 bits per heavy atom. The van der Waals surface area contributed by atoms with E-state index >= 15 is 0 Å². The van der Waals surface area contributed by atoms with Gasteiger partial charge in [0.2, 0.25) is 11.8 Å². The van der Waals surface area contributed by atoms with Gasteiger partial charge in [-0.3, -0.25) is 9.59 Å². The monoisotopic (exact) mass is 356 g/mol. The van der Waals surface area contributed by atoms with E-state index in [-0.39, 0.29) is 22.6 Å². The maximum atomic E-state index is 12.6. The molecule has 4 nitrogen and oxygen atoms in total. The molecule has 0 radical (unpaired) electrons. The molecule has 0 atom stereocenters. The predicted molar refractivity (Wildman–Crippen MR) is 103 cm³/mol. The minimum atomic E-state index is -0.309. The summed E-state index contributed by atoms with van der Waals surface area (Å²) in [5.74, 6) is 0.529. The lowest BCUT2D eigenvalue weighted by molar-refractivity contribution is -0.142. The van der Waals surface area contributed by atoms with E-state index in [4.69, 9.17) is 0 Å². The molecular weight excluding hydrogens is 324 g/mol. The number of likely N-dealkylation sites (tertiary alicyclic amines) is 2. The van der Waals surface area contributed by atoms with Crippen LogP contribution in [-0.2, 0) is 16.1 Å². The van der Waals surface area contributed by atoms with Crippen molar-refractivity contribution in [3.63, 3.8) is 0 Å². The molecule has 0 N–H and O–H groups in total. The highest BCUT2D eigenvalue weighted by Crippen LogP contribution is 2.42. The van der Waals surface area contributed by atoms with Gasteiger partial charge in [-0.1, -0.05) is 51.1 Å². The third-order valence-corrected chi connectivity index (χ3v) is 6.10. The lowest BCUT2D eigenvalue weighted by Crippen LogP contribution is -2.47. The lowest BCUT2D eigenvalue weighted by Gasteiger charge is -2.43. The Morgan fingerprint density at radius 3 is 2.23 bits per heavy atom. The zero-order valence-corrected chi connectivity index (χ0v) is 16.5. The van der Waals surface area contributed by atoms with E-state index in [0.29, 0.717) is 13.0 Å². The number of benzene rings is 1. The van der Waals surface area contributed by atoms with Gasteiger partial charge in [0, 0.05) is 38.0 Å². The molecule has 1 spiro atoms. The van der Waals surface area contributed by atoms with Crippen LogP contribution in [0.4, 0.5) is 0 Å². The number of carbonyl (C=O) groups is 2. The quantitative estimate of drug-likeness (QED) is 0.807. The molecular formula is C22H32N2O2. The van der Waals surface area contributed by atoms with Gasteiger partial charge in [0.15, 0.2) is 0 Å². The normalized spacial score (nSPS) is 21.0. The SMILES string of the molecule is CC(C)(C)C(=O)N1CCC2(CCC(=O)N(Cc3ccccc3)CC2)CC1. The van der Waals surface area contributed by atoms with E-state index in [0.717, 1.165) is 45.3 Å². The molecule has 0 unspecified atom stereocenters. The maximum Gasteiger partial charge on any atom is 0.227 e. The highest BCUT2D eigenvalue weighted by Gasteiger charge is 2.40. The van der Waals surface area contributed by atoms with Crippen LogP contribution >= 0.6 is 0 Å². The van der Waals surface area contributed by atoms with Gasteiger partial charge in [0.1, 0.15) is 0 Å². The van der Waals surface area contributed by atoms with Crippen molar-refractivity contribution in [2.24, 2.45) is 10.8 Å². The van der Waals surface area contributed by atoms with Crippen molar-refractivity contribution < 1.29 is 9.59 Å². The van der Waals surface area contributed by atoms with Crippen molar-refractivity contribution in [2.75, 3.05) is 19.6 Å². The fourth-order valence-electron chi connectivity index (χ4n) is 4.28. The van der Waals surface area contributed by atoms with Crippen molar-refractivity contribution >= 4 is 11.8 Å². The molecule has 1 aromatic carbocycles. The molecule has 0 aromatic heterocycles. The molecule has 1 aromatic rings. The highest BCUT2D eigenvalue weighted by molar-refractivity contribution is 5.81. The summed E-state index contributed by atoms with van der Waals surface area (Å²) < 4.78 is 0. The van der Waals surface area contributed by atoms with Crippen LogP contribution in [0.25, 0.3) is 0 Å². The number of nitrogens with zero attached hydrogens (tertiary/aromatic N) is 2. The molecule has 4 heteroatoms. The minimum absolute atomic E-state index is 0.232. The largest absolute Gasteiger partial charge is 0.342 e. The van der Waals surface area contributed by atoms with Crippen LogP contribution in [-0.4, -0.2) is 41.2 Å². The third kappa shape index (κ3) is 4.28. The fraction of sp³-hybridized carbons (Fsp3) is 0.636. The molecule has 0 bridgehead atoms. The average molecular weight is 357 g/mol. The third-order valence-electron chi connectivity index (χ3n) is 6.10. The van der Waals surface area contributed by atoms with Gasteiger partial charge < -0.3 is 9.80 Å². The molecule has 2 amide bonds. The maximum absolute atomic E-state index is 12.6. The number of carbonyl (C=O) groups excluding carboxylic acids is 2. The first-order chi connectivity index (χ1) is 12.3. The second kappa shape index (κ2) is 7.42. The average Bonchev–Trinajstić information content (AvgIpc) is 2.77. The van der Waals surface area contributed by atoms with E-state index in [1.165, 1.54) is 5.56 Å². The van der Waals surface area contributed by atoms with Crippen LogP contribution in [0.5, 0.6) is 0 Å². The summed E-state index contributed by atoms with van der Waals surface area (Å²) in [6.45, 7) is 9.19. The van der Waals surface area contributed by atoms with E-state index < -0.39 is 0 Å². The molecule has 2 saturated heterocycles. The van der Waals surface area contributed by atoms with E-state index in [9.17, 15) is 9.59 Å². The van der Waals surface area contributed by atoms with Crippen LogP contribution in [0, 0.1) is 10.8 Å². The summed E-state index contributed by atoms with van der Waals surface area (Å²) in [6, 6.07) is 10.2. The molecule has 3 rings (SSSR count). The van der Waals surface area contributed by atoms with Crippen LogP contribution in [0.1, 0.15) is 58.4 Å². The summed E-state index contributed by atoms with van der Waals surface area (Å²) in [6.07, 6.45) is 4.72. The fourth-order valence-corrected chi connectivity index (χ4v) is 4.28. The Balaban J connectivity index is 1.60. The van der Waals surface area contributed by atoms with Gasteiger partial charge in [-0.25, -0.2) is 0 Å². The number of hydrogen-bond donors (Lipinski definition) is 0. The van der Waals surface area contributed by atoms with Gasteiger partial charge in [-0.05, 0) is 36.7 Å². The number of hydrogen-bond acceptors (Lipinski definition) is 2. The first-order valence-electron chi connectivity index (χ1n) is 9.90. The van der Waals surface area contributed by atoms with Crippen molar-refractivity contribution in [1.29, 1.82) is 0 Å². The van der Waals surface area contributed by atoms with Crippen LogP contribution in [0.3, 0.4) is 0 Å². The molecule has 2 aliphatic rings. The lowest BCUT2D eigenvalue weighted by atomic mass is 9.72. The number of rotatable bonds is 2. The van der Waals surface area contributed by atoms with Crippen molar-refractivity contribution in [2.45, 2.75) is 59.4 Å². The summed E-state index contributed by atoms with van der Waals surface area (Å²) in [4.78, 5) is 29.2. The smallest absolute Gasteiger partial charge is 0.227 e. The Morgan fingerprint density at radius 2 is 1.62 bits per heavy atom. The van der Waals surface area contributed by atoms with Crippen molar-refractivity contribution in [1.82, 2.24) is 9.80 Å². The van der Waals surface area contributed by atoms with E-state index in [1.54, 1.807) is 0 Å². The Bertz CT molecular complexity index is 640. The zero-order chi connectivity index (χ0) is 18.8. The van der Waals surface area contributed by atoms with Gasteiger partial charge in [-0.15, -0.1) is 0 Å². The number of piperidine rings is 1. The summed E-state index contributed by atoms with van der Waals surface area (Å²) in [5, 5.41) is 0. The summed E-state index contributed by atoms with van der Waals surface area (Å²) >= 11 is 0. The zero-order valence-electron chi connectivity index (χ0n) is 16.5. The molecule has 0 saturated carbocycles. The predicted octanol–water partition coefficient (Wildman–Crippen LogP) is 3.85. The van der Waals surface area contributed by atoms with Gasteiger partial charge in [0.25, 0.3) is 0 Å². The molecule has 0 aliphatic carbocycles. The summed E-state index contributed by atoms with van der Waals surface area (Å²) in [7, 11) is 0. The molecule has 2 fully saturated rings. The van der Waals surface area contributed by atoms with Crippen LogP contribution in [0.15, 0.2) is 30.3 Å². The van der Waals surface area contributed by atoms with Crippen molar-refractivity contribution in [3.8, 4) is 0 Å². The van der Waals surface area contributed by atoms with Crippen LogP contribution < -0.4 is 0 Å². The molecule has 2 aliphatic heterocycles. The highest BCUT2D eigenvalue weighted by atomic mass is 16.2. The van der Waals surface area contributed by atoms with Gasteiger partial charge in [0.05, 0.1) is 0 Å². The molecule has 26 heavy (non-hydrogen) atoms. The van der Waals surface area contributed by atoms with Crippen molar-refractivity contribution in [3.05, 3.63) is 35.9 Å². The first-order valence-corrected chi connectivity index (χ1v) is 9.90.